The van der Waals surface area contributed by atoms with Gasteiger partial charge in [-0.3, -0.25) is 9.78 Å². The van der Waals surface area contributed by atoms with Crippen molar-refractivity contribution in [2.45, 2.75) is 18.0 Å². The normalized spacial score (nSPS) is 12.6. The Morgan fingerprint density at radius 1 is 1.00 bits per heavy atom. The molecule has 2 aromatic rings. The van der Waals surface area contributed by atoms with Crippen molar-refractivity contribution in [3.63, 3.8) is 0 Å². The van der Waals surface area contributed by atoms with Crippen molar-refractivity contribution in [1.29, 1.82) is 0 Å². The minimum Gasteiger partial charge on any atom is -0.348 e. The van der Waals surface area contributed by atoms with E-state index in [1.807, 2.05) is 0 Å². The van der Waals surface area contributed by atoms with Crippen LogP contribution in [0.3, 0.4) is 0 Å². The molecule has 26 heavy (non-hydrogen) atoms. The fourth-order valence-electron chi connectivity index (χ4n) is 2.00. The van der Waals surface area contributed by atoms with E-state index in [4.69, 9.17) is 11.6 Å². The summed E-state index contributed by atoms with van der Waals surface area (Å²) in [6, 6.07) is 6.47. The predicted molar refractivity (Wildman–Crippen MR) is 81.6 cm³/mol. The molecule has 4 nitrogen and oxygen atoms in total. The first-order valence-corrected chi connectivity index (χ1v) is 7.24. The number of hydrogen-bond acceptors (Lipinski definition) is 3. The van der Waals surface area contributed by atoms with Crippen LogP contribution in [-0.2, 0) is 0 Å². The molecule has 1 amide bonds. The Morgan fingerprint density at radius 2 is 1.65 bits per heavy atom. The fraction of sp³-hybridized carbons (Fsp3) is 0.200. The quantitative estimate of drug-likeness (QED) is 0.594. The number of halogens is 7. The van der Waals surface area contributed by atoms with Gasteiger partial charge < -0.3 is 10.6 Å². The molecule has 0 bridgehead atoms. The van der Waals surface area contributed by atoms with E-state index in [2.05, 4.69) is 4.98 Å². The van der Waals surface area contributed by atoms with Crippen LogP contribution >= 0.6 is 11.6 Å². The van der Waals surface area contributed by atoms with Gasteiger partial charge in [0.1, 0.15) is 0 Å². The minimum atomic E-state index is -5.93. The lowest BCUT2D eigenvalue weighted by molar-refractivity contribution is -0.294. The van der Waals surface area contributed by atoms with Gasteiger partial charge in [0.2, 0.25) is 0 Å². The number of amides is 1. The summed E-state index contributed by atoms with van der Waals surface area (Å²) in [5.74, 6) is -1.61. The zero-order chi connectivity index (χ0) is 19.6. The van der Waals surface area contributed by atoms with Crippen LogP contribution in [-0.4, -0.2) is 28.9 Å². The second-order valence-corrected chi connectivity index (χ2v) is 5.51. The zero-order valence-electron chi connectivity index (χ0n) is 12.6. The molecule has 0 unspecified atom stereocenters. The Kier molecular flexibility index (Phi) is 5.36. The summed E-state index contributed by atoms with van der Waals surface area (Å²) >= 11 is 5.61. The van der Waals surface area contributed by atoms with Crippen LogP contribution in [0.2, 0.25) is 5.02 Å². The van der Waals surface area contributed by atoms with Crippen LogP contribution in [0.4, 0.5) is 32.0 Å². The summed E-state index contributed by atoms with van der Waals surface area (Å²) in [4.78, 5) is 15.5. The molecule has 1 heterocycles. The highest BCUT2D eigenvalue weighted by atomic mass is 35.5. The second kappa shape index (κ2) is 7.02. The molecule has 1 aromatic carbocycles. The van der Waals surface area contributed by atoms with E-state index < -0.39 is 35.2 Å². The Bertz CT molecular complexity index is 765. The topological polar surface area (TPSA) is 54.0 Å². The number of carbonyl (C=O) groups is 1. The summed E-state index contributed by atoms with van der Waals surface area (Å²) in [6.07, 6.45) is -9.80. The molecule has 0 saturated heterocycles. The number of nitrogens with zero attached hydrogens (tertiary/aromatic N) is 1. The number of carbonyl (C=O) groups excluding carboxylic acids is 1. The first-order chi connectivity index (χ1) is 12.0. The third-order valence-electron chi connectivity index (χ3n) is 3.23. The van der Waals surface area contributed by atoms with Crippen LogP contribution in [0.15, 0.2) is 48.8 Å². The molecule has 2 N–H and O–H groups in total. The number of alkyl halides is 6. The fourth-order valence-corrected chi connectivity index (χ4v) is 2.19. The molecule has 2 rings (SSSR count). The van der Waals surface area contributed by atoms with Crippen molar-refractivity contribution in [3.8, 4) is 0 Å². The van der Waals surface area contributed by atoms with Gasteiger partial charge in [0.15, 0.2) is 0 Å². The Hall–Kier alpha value is -2.49. The summed E-state index contributed by atoms with van der Waals surface area (Å²) < 4.78 is 80.9. The van der Waals surface area contributed by atoms with Crippen molar-refractivity contribution in [1.82, 2.24) is 10.3 Å². The molecule has 0 atom stereocenters. The van der Waals surface area contributed by atoms with Crippen molar-refractivity contribution < 1.29 is 31.1 Å². The van der Waals surface area contributed by atoms with Crippen molar-refractivity contribution in [3.05, 3.63) is 59.4 Å². The third kappa shape index (κ3) is 4.01. The molecule has 0 aliphatic carbocycles. The number of benzene rings is 1. The van der Waals surface area contributed by atoms with Crippen molar-refractivity contribution >= 4 is 23.2 Å². The van der Waals surface area contributed by atoms with Gasteiger partial charge >= 0.3 is 18.0 Å². The maximum Gasteiger partial charge on any atom is 0.439 e. The van der Waals surface area contributed by atoms with E-state index in [-0.39, 0.29) is 5.02 Å². The van der Waals surface area contributed by atoms with Gasteiger partial charge in [-0.1, -0.05) is 17.7 Å². The molecule has 0 aliphatic heterocycles. The van der Waals surface area contributed by atoms with E-state index in [1.165, 1.54) is 23.6 Å². The Balaban J connectivity index is 2.51. The maximum atomic E-state index is 13.5. The summed E-state index contributed by atoms with van der Waals surface area (Å²) in [5, 5.41) is 2.25. The van der Waals surface area contributed by atoms with Crippen molar-refractivity contribution in [2.75, 3.05) is 5.32 Å². The van der Waals surface area contributed by atoms with Crippen molar-refractivity contribution in [2.24, 2.45) is 0 Å². The largest absolute Gasteiger partial charge is 0.439 e. The maximum absolute atomic E-state index is 13.5. The number of anilines is 1. The van der Waals surface area contributed by atoms with E-state index in [1.54, 1.807) is 0 Å². The molecule has 0 spiro atoms. The molecule has 0 saturated carbocycles. The molecular formula is C15H10ClF6N3O. The van der Waals surface area contributed by atoms with E-state index in [0.717, 1.165) is 35.8 Å². The van der Waals surface area contributed by atoms with Gasteiger partial charge in [-0.05, 0) is 30.3 Å². The average molecular weight is 398 g/mol. The SMILES string of the molecule is O=C(NC(Nc1cccc(Cl)c1)(C(F)(F)F)C(F)(F)F)c1cccnc1. The number of aromatic nitrogens is 1. The summed E-state index contributed by atoms with van der Waals surface area (Å²) in [5.41, 5.74) is -5.80. The lowest BCUT2D eigenvalue weighted by Crippen LogP contribution is -2.72. The first kappa shape index (κ1) is 19.8. The van der Waals surface area contributed by atoms with E-state index in [9.17, 15) is 31.1 Å². The van der Waals surface area contributed by atoms with Crippen LogP contribution in [0.5, 0.6) is 0 Å². The molecule has 0 radical (unpaired) electrons. The zero-order valence-corrected chi connectivity index (χ0v) is 13.4. The molecule has 0 fully saturated rings. The number of rotatable bonds is 4. The van der Waals surface area contributed by atoms with Gasteiger partial charge in [-0.25, -0.2) is 0 Å². The monoisotopic (exact) mass is 397 g/mol. The molecule has 140 valence electrons. The average Bonchev–Trinajstić information content (AvgIpc) is 2.53. The minimum absolute atomic E-state index is 0.0909. The van der Waals surface area contributed by atoms with Crippen LogP contribution in [0.25, 0.3) is 0 Å². The van der Waals surface area contributed by atoms with Crippen LogP contribution < -0.4 is 10.6 Å². The second-order valence-electron chi connectivity index (χ2n) is 5.08. The van der Waals surface area contributed by atoms with Crippen LogP contribution in [0.1, 0.15) is 10.4 Å². The highest BCUT2D eigenvalue weighted by molar-refractivity contribution is 6.30. The van der Waals surface area contributed by atoms with E-state index in [0.29, 0.717) is 0 Å². The Labute approximate surface area is 148 Å². The highest BCUT2D eigenvalue weighted by Crippen LogP contribution is 2.43. The lowest BCUT2D eigenvalue weighted by Gasteiger charge is -2.39. The van der Waals surface area contributed by atoms with Gasteiger partial charge in [0.25, 0.3) is 5.91 Å². The molecule has 11 heteroatoms. The number of hydrogen-bond donors (Lipinski definition) is 2. The van der Waals surface area contributed by atoms with Gasteiger partial charge in [-0.2, -0.15) is 26.3 Å². The molecule has 0 aliphatic rings. The molecule has 1 aromatic heterocycles. The lowest BCUT2D eigenvalue weighted by atomic mass is 10.1. The van der Waals surface area contributed by atoms with Gasteiger partial charge in [0, 0.05) is 23.1 Å². The first-order valence-electron chi connectivity index (χ1n) is 6.86. The molecular weight excluding hydrogens is 388 g/mol. The smallest absolute Gasteiger partial charge is 0.348 e. The predicted octanol–water partition coefficient (Wildman–Crippen LogP) is 4.40. The van der Waals surface area contributed by atoms with Gasteiger partial charge in [0.05, 0.1) is 5.56 Å². The van der Waals surface area contributed by atoms with Crippen LogP contribution in [0, 0.1) is 0 Å². The summed E-state index contributed by atoms with van der Waals surface area (Å²) in [7, 11) is 0. The van der Waals surface area contributed by atoms with Gasteiger partial charge in [-0.15, -0.1) is 0 Å². The number of nitrogens with one attached hydrogen (secondary N) is 2. The number of pyridine rings is 1. The standard InChI is InChI=1S/C15H10ClF6N3O/c16-10-4-1-5-11(7-10)24-13(14(17,18)19,15(20,21)22)25-12(26)9-3-2-6-23-8-9/h1-8,24H,(H,25,26). The highest BCUT2D eigenvalue weighted by Gasteiger charge is 2.72. The third-order valence-corrected chi connectivity index (χ3v) is 3.47. The summed E-state index contributed by atoms with van der Waals surface area (Å²) in [6.45, 7) is 0. The van der Waals surface area contributed by atoms with E-state index >= 15 is 0 Å². The Morgan fingerprint density at radius 3 is 2.15 bits per heavy atom.